The first-order valence-corrected chi connectivity index (χ1v) is 7.13. The van der Waals surface area contributed by atoms with Crippen LogP contribution in [0.25, 0.3) is 22.3 Å². The Balaban J connectivity index is 2.37. The van der Waals surface area contributed by atoms with Crippen molar-refractivity contribution in [3.63, 3.8) is 0 Å². The van der Waals surface area contributed by atoms with Gasteiger partial charge in [-0.15, -0.1) is 0 Å². The fourth-order valence-electron chi connectivity index (χ4n) is 2.48. The second-order valence-electron chi connectivity index (χ2n) is 5.07. The molecule has 1 aromatic carbocycles. The summed E-state index contributed by atoms with van der Waals surface area (Å²) in [6.45, 7) is 1.61. The molecule has 0 saturated carbocycles. The summed E-state index contributed by atoms with van der Waals surface area (Å²) in [5, 5.41) is 0.455. The summed E-state index contributed by atoms with van der Waals surface area (Å²) in [6, 6.07) is 9.80. The van der Waals surface area contributed by atoms with Crippen LogP contribution >= 0.6 is 0 Å². The fourth-order valence-corrected chi connectivity index (χ4v) is 2.48. The second kappa shape index (κ2) is 6.00. The minimum atomic E-state index is -0.792. The molecule has 0 radical (unpaired) electrons. The highest BCUT2D eigenvalue weighted by molar-refractivity contribution is 5.81. The number of ether oxygens (including phenoxy) is 1. The van der Waals surface area contributed by atoms with E-state index in [0.29, 0.717) is 22.3 Å². The van der Waals surface area contributed by atoms with Crippen LogP contribution in [0.4, 0.5) is 0 Å². The van der Waals surface area contributed by atoms with Gasteiger partial charge in [0.05, 0.1) is 18.0 Å². The number of para-hydroxylation sites is 1. The number of pyridine rings is 1. The molecule has 0 bridgehead atoms. The predicted octanol–water partition coefficient (Wildman–Crippen LogP) is 2.19. The van der Waals surface area contributed by atoms with Gasteiger partial charge in [-0.05, 0) is 31.2 Å². The highest BCUT2D eigenvalue weighted by Crippen LogP contribution is 2.21. The van der Waals surface area contributed by atoms with Crippen molar-refractivity contribution in [1.29, 1.82) is 0 Å². The zero-order valence-corrected chi connectivity index (χ0v) is 12.8. The number of esters is 1. The summed E-state index contributed by atoms with van der Waals surface area (Å²) in [5.74, 6) is -0.117. The molecule has 2 heterocycles. The van der Waals surface area contributed by atoms with E-state index < -0.39 is 12.0 Å². The molecule has 1 unspecified atom stereocenters. The lowest BCUT2D eigenvalue weighted by Gasteiger charge is -2.18. The molecule has 0 saturated heterocycles. The number of hydrogen-bond donors (Lipinski definition) is 0. The number of methoxy groups -OCH3 is 1. The van der Waals surface area contributed by atoms with E-state index in [1.807, 2.05) is 6.07 Å². The van der Waals surface area contributed by atoms with Crippen molar-refractivity contribution < 1.29 is 9.53 Å². The first-order valence-electron chi connectivity index (χ1n) is 7.13. The number of rotatable bonds is 3. The lowest BCUT2D eigenvalue weighted by Crippen LogP contribution is -2.31. The molecule has 2 aromatic heterocycles. The van der Waals surface area contributed by atoms with Crippen LogP contribution in [0.5, 0.6) is 0 Å². The summed E-state index contributed by atoms with van der Waals surface area (Å²) in [7, 11) is 1.29. The molecule has 0 amide bonds. The van der Waals surface area contributed by atoms with Crippen molar-refractivity contribution in [2.24, 2.45) is 0 Å². The van der Waals surface area contributed by atoms with E-state index in [1.54, 1.807) is 49.6 Å². The molecule has 3 aromatic rings. The Labute approximate surface area is 132 Å². The maximum Gasteiger partial charge on any atom is 0.328 e. The van der Waals surface area contributed by atoms with E-state index in [2.05, 4.69) is 9.97 Å². The SMILES string of the molecule is COC(=O)C(C)n1c(-c2cccnc2)nc2ccccc2c1=O. The minimum Gasteiger partial charge on any atom is -0.467 e. The van der Waals surface area contributed by atoms with Crippen LogP contribution in [0.15, 0.2) is 53.6 Å². The van der Waals surface area contributed by atoms with Gasteiger partial charge in [-0.3, -0.25) is 14.3 Å². The molecule has 0 aliphatic carbocycles. The summed E-state index contributed by atoms with van der Waals surface area (Å²) in [4.78, 5) is 33.5. The van der Waals surface area contributed by atoms with Crippen molar-refractivity contribution >= 4 is 16.9 Å². The molecule has 116 valence electrons. The molecule has 0 N–H and O–H groups in total. The number of nitrogens with zero attached hydrogens (tertiary/aromatic N) is 3. The quantitative estimate of drug-likeness (QED) is 0.693. The number of hydrogen-bond acceptors (Lipinski definition) is 5. The van der Waals surface area contributed by atoms with Crippen molar-refractivity contribution in [3.8, 4) is 11.4 Å². The normalized spacial score (nSPS) is 12.1. The van der Waals surface area contributed by atoms with Crippen LogP contribution < -0.4 is 5.56 Å². The van der Waals surface area contributed by atoms with Crippen molar-refractivity contribution in [2.45, 2.75) is 13.0 Å². The monoisotopic (exact) mass is 309 g/mol. The van der Waals surface area contributed by atoms with Crippen LogP contribution in [0.1, 0.15) is 13.0 Å². The molecular formula is C17H15N3O3. The first kappa shape index (κ1) is 14.9. The van der Waals surface area contributed by atoms with E-state index in [9.17, 15) is 9.59 Å². The van der Waals surface area contributed by atoms with Crippen LogP contribution in [-0.2, 0) is 9.53 Å². The van der Waals surface area contributed by atoms with Gasteiger partial charge >= 0.3 is 5.97 Å². The Kier molecular flexibility index (Phi) is 3.89. The van der Waals surface area contributed by atoms with Crippen molar-refractivity contribution in [1.82, 2.24) is 14.5 Å². The molecule has 0 fully saturated rings. The van der Waals surface area contributed by atoms with Gasteiger partial charge in [0.2, 0.25) is 0 Å². The summed E-state index contributed by atoms with van der Waals surface area (Å²) >= 11 is 0. The zero-order chi connectivity index (χ0) is 16.4. The van der Waals surface area contributed by atoms with Crippen LogP contribution in [0.2, 0.25) is 0 Å². The van der Waals surface area contributed by atoms with E-state index in [1.165, 1.54) is 11.7 Å². The molecule has 3 rings (SSSR count). The summed E-state index contributed by atoms with van der Waals surface area (Å²) in [5.41, 5.74) is 0.947. The topological polar surface area (TPSA) is 74.1 Å². The maximum absolute atomic E-state index is 12.9. The zero-order valence-electron chi connectivity index (χ0n) is 12.8. The molecule has 6 heteroatoms. The lowest BCUT2D eigenvalue weighted by atomic mass is 10.2. The number of aromatic nitrogens is 3. The van der Waals surface area contributed by atoms with Crippen LogP contribution in [0, 0.1) is 0 Å². The van der Waals surface area contributed by atoms with E-state index in [-0.39, 0.29) is 5.56 Å². The average Bonchev–Trinajstić information content (AvgIpc) is 2.61. The third-order valence-electron chi connectivity index (χ3n) is 3.66. The molecule has 6 nitrogen and oxygen atoms in total. The Bertz CT molecular complexity index is 919. The number of fused-ring (bicyclic) bond motifs is 1. The van der Waals surface area contributed by atoms with Gasteiger partial charge < -0.3 is 4.74 Å². The Morgan fingerprint density at radius 3 is 2.70 bits per heavy atom. The lowest BCUT2D eigenvalue weighted by molar-refractivity contribution is -0.144. The van der Waals surface area contributed by atoms with Gasteiger partial charge in [0, 0.05) is 18.0 Å². The first-order chi connectivity index (χ1) is 11.1. The van der Waals surface area contributed by atoms with E-state index in [4.69, 9.17) is 4.74 Å². The Morgan fingerprint density at radius 2 is 2.00 bits per heavy atom. The average molecular weight is 309 g/mol. The van der Waals surface area contributed by atoms with E-state index in [0.717, 1.165) is 0 Å². The molecule has 23 heavy (non-hydrogen) atoms. The van der Waals surface area contributed by atoms with E-state index >= 15 is 0 Å². The highest BCUT2D eigenvalue weighted by Gasteiger charge is 2.23. The third-order valence-corrected chi connectivity index (χ3v) is 3.66. The Hall–Kier alpha value is -3.02. The summed E-state index contributed by atoms with van der Waals surface area (Å²) in [6.07, 6.45) is 3.24. The summed E-state index contributed by atoms with van der Waals surface area (Å²) < 4.78 is 6.13. The highest BCUT2D eigenvalue weighted by atomic mass is 16.5. The molecular weight excluding hydrogens is 294 g/mol. The van der Waals surface area contributed by atoms with Gasteiger partial charge in [-0.25, -0.2) is 9.78 Å². The van der Waals surface area contributed by atoms with Gasteiger partial charge in [0.25, 0.3) is 5.56 Å². The predicted molar refractivity (Wildman–Crippen MR) is 86.0 cm³/mol. The van der Waals surface area contributed by atoms with Gasteiger partial charge in [-0.2, -0.15) is 0 Å². The largest absolute Gasteiger partial charge is 0.467 e. The molecule has 0 aliphatic rings. The molecule has 0 aliphatic heterocycles. The second-order valence-corrected chi connectivity index (χ2v) is 5.07. The fraction of sp³-hybridized carbons (Fsp3) is 0.176. The number of carbonyl (C=O) groups is 1. The van der Waals surface area contributed by atoms with Gasteiger partial charge in [-0.1, -0.05) is 12.1 Å². The standard InChI is InChI=1S/C17H15N3O3/c1-11(17(22)23-2)20-15(12-6-5-9-18-10-12)19-14-8-4-3-7-13(14)16(20)21/h3-11H,1-2H3. The smallest absolute Gasteiger partial charge is 0.328 e. The number of carbonyl (C=O) groups excluding carboxylic acids is 1. The van der Waals surface area contributed by atoms with Crippen LogP contribution in [-0.4, -0.2) is 27.6 Å². The van der Waals surface area contributed by atoms with Crippen LogP contribution in [0.3, 0.4) is 0 Å². The Morgan fingerprint density at radius 1 is 1.22 bits per heavy atom. The third kappa shape index (κ3) is 2.59. The molecule has 1 atom stereocenters. The van der Waals surface area contributed by atoms with Crippen molar-refractivity contribution in [2.75, 3.05) is 7.11 Å². The molecule has 0 spiro atoms. The van der Waals surface area contributed by atoms with Crippen molar-refractivity contribution in [3.05, 3.63) is 59.1 Å². The minimum absolute atomic E-state index is 0.285. The van der Waals surface area contributed by atoms with Gasteiger partial charge in [0.15, 0.2) is 0 Å². The van der Waals surface area contributed by atoms with Gasteiger partial charge in [0.1, 0.15) is 11.9 Å². The number of benzene rings is 1. The maximum atomic E-state index is 12.9.